The third-order valence-electron chi connectivity index (χ3n) is 3.13. The van der Waals surface area contributed by atoms with Crippen molar-refractivity contribution in [3.05, 3.63) is 0 Å². The van der Waals surface area contributed by atoms with E-state index in [1.165, 1.54) is 4.90 Å². The van der Waals surface area contributed by atoms with Gasteiger partial charge in [0.15, 0.2) is 0 Å². The second-order valence-electron chi connectivity index (χ2n) is 4.61. The zero-order valence-electron chi connectivity index (χ0n) is 11.8. The van der Waals surface area contributed by atoms with E-state index in [-0.39, 0.29) is 24.1 Å². The third-order valence-corrected chi connectivity index (χ3v) is 3.13. The summed E-state index contributed by atoms with van der Waals surface area (Å²) < 4.78 is 4.91. The summed E-state index contributed by atoms with van der Waals surface area (Å²) in [6.45, 7) is 7.80. The van der Waals surface area contributed by atoms with Crippen LogP contribution in [0, 0.1) is 5.92 Å². The molecule has 0 radical (unpaired) electrons. The van der Waals surface area contributed by atoms with Gasteiger partial charge >= 0.3 is 12.2 Å². The summed E-state index contributed by atoms with van der Waals surface area (Å²) in [5.74, 6) is 0.132. The molecule has 0 rings (SSSR count). The normalized spacial score (nSPS) is 15.4. The molecule has 3 unspecified atom stereocenters. The Bertz CT molecular complexity index is 283. The van der Waals surface area contributed by atoms with Gasteiger partial charge in [-0.25, -0.2) is 9.59 Å². The molecule has 0 aliphatic heterocycles. The van der Waals surface area contributed by atoms with Gasteiger partial charge in [-0.15, -0.1) is 0 Å². The fourth-order valence-electron chi connectivity index (χ4n) is 1.64. The minimum absolute atomic E-state index is 0.00269. The first kappa shape index (κ1) is 16.5. The van der Waals surface area contributed by atoms with Gasteiger partial charge < -0.3 is 20.1 Å². The first-order valence-electron chi connectivity index (χ1n) is 6.18. The lowest BCUT2D eigenvalue weighted by Crippen LogP contribution is -2.41. The Morgan fingerprint density at radius 1 is 1.33 bits per heavy atom. The van der Waals surface area contributed by atoms with Gasteiger partial charge in [0.2, 0.25) is 0 Å². The Balaban J connectivity index is 4.24. The number of nitrogens with zero attached hydrogens (tertiary/aromatic N) is 1. The zero-order valence-corrected chi connectivity index (χ0v) is 11.8. The van der Waals surface area contributed by atoms with E-state index in [1.807, 2.05) is 20.8 Å². The number of ether oxygens (including phenoxy) is 1. The molecule has 0 saturated heterocycles. The number of carboxylic acid groups (broad SMARTS) is 1. The van der Waals surface area contributed by atoms with Gasteiger partial charge in [0.05, 0.1) is 6.61 Å². The maximum absolute atomic E-state index is 11.5. The van der Waals surface area contributed by atoms with Crippen molar-refractivity contribution >= 4 is 12.2 Å². The van der Waals surface area contributed by atoms with Crippen LogP contribution >= 0.6 is 0 Å². The minimum atomic E-state index is -1.03. The number of hydrogen-bond acceptors (Lipinski definition) is 3. The van der Waals surface area contributed by atoms with E-state index in [0.717, 1.165) is 0 Å². The third kappa shape index (κ3) is 5.75. The van der Waals surface area contributed by atoms with Crippen molar-refractivity contribution in [2.45, 2.75) is 46.2 Å². The molecule has 2 amide bonds. The van der Waals surface area contributed by atoms with Crippen molar-refractivity contribution in [2.24, 2.45) is 5.92 Å². The molecule has 0 spiro atoms. The molecule has 6 nitrogen and oxygen atoms in total. The van der Waals surface area contributed by atoms with Crippen LogP contribution in [-0.4, -0.2) is 47.9 Å². The fraction of sp³-hybridized carbons (Fsp3) is 0.833. The average Bonchev–Trinajstić information content (AvgIpc) is 2.27. The number of carbonyl (C=O) groups excluding carboxylic acids is 1. The van der Waals surface area contributed by atoms with Crippen LogP contribution in [0.1, 0.15) is 34.1 Å². The molecule has 18 heavy (non-hydrogen) atoms. The lowest BCUT2D eigenvalue weighted by molar-refractivity contribution is 0.0983. The summed E-state index contributed by atoms with van der Waals surface area (Å²) in [5, 5.41) is 11.1. The van der Waals surface area contributed by atoms with Crippen molar-refractivity contribution in [1.29, 1.82) is 0 Å². The summed E-state index contributed by atoms with van der Waals surface area (Å²) in [5.41, 5.74) is 0. The largest absolute Gasteiger partial charge is 0.465 e. The van der Waals surface area contributed by atoms with E-state index in [4.69, 9.17) is 9.84 Å². The molecule has 0 aromatic heterocycles. The molecule has 0 aliphatic carbocycles. The summed E-state index contributed by atoms with van der Waals surface area (Å²) in [4.78, 5) is 23.6. The molecular formula is C12H24N2O4. The molecule has 0 fully saturated rings. The maximum Gasteiger partial charge on any atom is 0.409 e. The van der Waals surface area contributed by atoms with Gasteiger partial charge in [0, 0.05) is 19.1 Å². The minimum Gasteiger partial charge on any atom is -0.465 e. The van der Waals surface area contributed by atoms with E-state index in [0.29, 0.717) is 13.0 Å². The SMILES string of the molecule is CCOC(=O)N(C)C(C)CC(C)C(C)NC(=O)O. The van der Waals surface area contributed by atoms with Crippen LogP contribution in [0.3, 0.4) is 0 Å². The molecule has 0 saturated carbocycles. The Kier molecular flexibility index (Phi) is 7.16. The molecule has 0 aromatic carbocycles. The maximum atomic E-state index is 11.5. The van der Waals surface area contributed by atoms with Crippen LogP contribution in [0.4, 0.5) is 9.59 Å². The fourth-order valence-corrected chi connectivity index (χ4v) is 1.64. The summed E-state index contributed by atoms with van der Waals surface area (Å²) in [6.07, 6.45) is -0.673. The van der Waals surface area contributed by atoms with Gasteiger partial charge in [-0.05, 0) is 33.1 Å². The molecule has 3 atom stereocenters. The standard InChI is InChI=1S/C12H24N2O4/c1-6-18-12(17)14(5)9(3)7-8(2)10(4)13-11(15)16/h8-10,13H,6-7H2,1-5H3,(H,15,16). The van der Waals surface area contributed by atoms with E-state index >= 15 is 0 Å². The van der Waals surface area contributed by atoms with Gasteiger partial charge in [0.1, 0.15) is 0 Å². The predicted octanol–water partition coefficient (Wildman–Crippen LogP) is 2.15. The van der Waals surface area contributed by atoms with Crippen LogP contribution in [0.5, 0.6) is 0 Å². The molecule has 6 heteroatoms. The van der Waals surface area contributed by atoms with Crippen molar-refractivity contribution in [1.82, 2.24) is 10.2 Å². The Morgan fingerprint density at radius 3 is 2.33 bits per heavy atom. The quantitative estimate of drug-likeness (QED) is 0.767. The van der Waals surface area contributed by atoms with Crippen LogP contribution < -0.4 is 5.32 Å². The van der Waals surface area contributed by atoms with Crippen LogP contribution in [-0.2, 0) is 4.74 Å². The number of nitrogens with one attached hydrogen (secondary N) is 1. The van der Waals surface area contributed by atoms with Crippen molar-refractivity contribution in [3.63, 3.8) is 0 Å². The second-order valence-corrected chi connectivity index (χ2v) is 4.61. The lowest BCUT2D eigenvalue weighted by atomic mass is 9.95. The Hall–Kier alpha value is -1.46. The molecule has 0 bridgehead atoms. The van der Waals surface area contributed by atoms with E-state index < -0.39 is 6.09 Å². The Morgan fingerprint density at radius 2 is 1.89 bits per heavy atom. The molecular weight excluding hydrogens is 236 g/mol. The van der Waals surface area contributed by atoms with Gasteiger partial charge in [0.25, 0.3) is 0 Å². The lowest BCUT2D eigenvalue weighted by Gasteiger charge is -2.28. The highest BCUT2D eigenvalue weighted by Crippen LogP contribution is 2.15. The highest BCUT2D eigenvalue weighted by molar-refractivity contribution is 5.67. The average molecular weight is 260 g/mol. The van der Waals surface area contributed by atoms with E-state index in [1.54, 1.807) is 14.0 Å². The second kappa shape index (κ2) is 7.79. The van der Waals surface area contributed by atoms with Crippen LogP contribution in [0.15, 0.2) is 0 Å². The van der Waals surface area contributed by atoms with Gasteiger partial charge in [-0.3, -0.25) is 0 Å². The predicted molar refractivity (Wildman–Crippen MR) is 68.7 cm³/mol. The van der Waals surface area contributed by atoms with Crippen LogP contribution in [0.25, 0.3) is 0 Å². The number of rotatable bonds is 6. The molecule has 106 valence electrons. The summed E-state index contributed by atoms with van der Waals surface area (Å²) in [7, 11) is 1.69. The number of hydrogen-bond donors (Lipinski definition) is 2. The zero-order chi connectivity index (χ0) is 14.3. The summed E-state index contributed by atoms with van der Waals surface area (Å²) >= 11 is 0. The molecule has 0 aromatic rings. The smallest absolute Gasteiger partial charge is 0.409 e. The van der Waals surface area contributed by atoms with Crippen molar-refractivity contribution < 1.29 is 19.4 Å². The van der Waals surface area contributed by atoms with Crippen molar-refractivity contribution in [3.8, 4) is 0 Å². The Labute approximate surface area is 108 Å². The molecule has 2 N–H and O–H groups in total. The topological polar surface area (TPSA) is 78.9 Å². The highest BCUT2D eigenvalue weighted by atomic mass is 16.6. The van der Waals surface area contributed by atoms with Gasteiger partial charge in [-0.2, -0.15) is 0 Å². The number of carbonyl (C=O) groups is 2. The highest BCUT2D eigenvalue weighted by Gasteiger charge is 2.22. The van der Waals surface area contributed by atoms with Crippen LogP contribution in [0.2, 0.25) is 0 Å². The first-order valence-corrected chi connectivity index (χ1v) is 6.18. The first-order chi connectivity index (χ1) is 8.29. The van der Waals surface area contributed by atoms with E-state index in [2.05, 4.69) is 5.32 Å². The van der Waals surface area contributed by atoms with E-state index in [9.17, 15) is 9.59 Å². The molecule has 0 heterocycles. The monoisotopic (exact) mass is 260 g/mol. The number of amides is 2. The molecule has 0 aliphatic rings. The van der Waals surface area contributed by atoms with Gasteiger partial charge in [-0.1, -0.05) is 6.92 Å². The van der Waals surface area contributed by atoms with Crippen molar-refractivity contribution in [2.75, 3.05) is 13.7 Å². The summed E-state index contributed by atoms with van der Waals surface area (Å²) in [6, 6.07) is -0.155.